The zero-order valence-electron chi connectivity index (χ0n) is 9.06. The van der Waals surface area contributed by atoms with E-state index >= 15 is 0 Å². The normalized spacial score (nSPS) is 10.4. The average Bonchev–Trinajstić information content (AvgIpc) is 2.75. The Bertz CT molecular complexity index is 560. The van der Waals surface area contributed by atoms with Crippen molar-refractivity contribution in [3.63, 3.8) is 0 Å². The molecule has 2 rings (SSSR count). The fraction of sp³-hybridized carbons (Fsp3) is 0.167. The Morgan fingerprint density at radius 2 is 2.12 bits per heavy atom. The van der Waals surface area contributed by atoms with Gasteiger partial charge in [0.05, 0.1) is 6.42 Å². The van der Waals surface area contributed by atoms with E-state index in [1.54, 1.807) is 18.3 Å². The summed E-state index contributed by atoms with van der Waals surface area (Å²) < 4.78 is 0. The predicted molar refractivity (Wildman–Crippen MR) is 62.9 cm³/mol. The molecule has 0 unspecified atom stereocenters. The van der Waals surface area contributed by atoms with Gasteiger partial charge in [-0.1, -0.05) is 6.07 Å². The topological polar surface area (TPSA) is 82.2 Å². The Morgan fingerprint density at radius 3 is 2.88 bits per heavy atom. The largest absolute Gasteiger partial charge is 0.481 e. The Morgan fingerprint density at radius 1 is 1.29 bits per heavy atom. The molecule has 0 saturated heterocycles. The molecule has 0 saturated carbocycles. The van der Waals surface area contributed by atoms with Crippen LogP contribution in [-0.4, -0.2) is 28.5 Å². The highest BCUT2D eigenvalue weighted by molar-refractivity contribution is 6.06. The maximum Gasteiger partial charge on any atom is 0.305 e. The fourth-order valence-corrected chi connectivity index (χ4v) is 1.66. The molecular formula is C12H12N2O3. The van der Waals surface area contributed by atoms with Gasteiger partial charge in [-0.3, -0.25) is 9.59 Å². The SMILES string of the molecule is O=C(O)CCNC(=O)c1cccc2[nH]ccc12. The van der Waals surface area contributed by atoms with Crippen LogP contribution in [0.3, 0.4) is 0 Å². The lowest BCUT2D eigenvalue weighted by Crippen LogP contribution is -2.26. The molecule has 0 atom stereocenters. The van der Waals surface area contributed by atoms with Crippen LogP contribution in [-0.2, 0) is 4.79 Å². The van der Waals surface area contributed by atoms with Gasteiger partial charge in [0.2, 0.25) is 0 Å². The van der Waals surface area contributed by atoms with Crippen molar-refractivity contribution in [2.75, 3.05) is 6.54 Å². The lowest BCUT2D eigenvalue weighted by atomic mass is 10.1. The summed E-state index contributed by atoms with van der Waals surface area (Å²) in [6.45, 7) is 0.134. The van der Waals surface area contributed by atoms with Crippen LogP contribution < -0.4 is 5.32 Å². The zero-order valence-corrected chi connectivity index (χ0v) is 9.06. The molecular weight excluding hydrogens is 220 g/mol. The minimum Gasteiger partial charge on any atom is -0.481 e. The number of rotatable bonds is 4. The van der Waals surface area contributed by atoms with Gasteiger partial charge in [-0.15, -0.1) is 0 Å². The van der Waals surface area contributed by atoms with E-state index in [0.29, 0.717) is 5.56 Å². The van der Waals surface area contributed by atoms with E-state index in [-0.39, 0.29) is 18.9 Å². The summed E-state index contributed by atoms with van der Waals surface area (Å²) in [5.41, 5.74) is 1.44. The molecule has 0 spiro atoms. The first-order chi connectivity index (χ1) is 8.18. The Kier molecular flexibility index (Phi) is 3.09. The molecule has 0 aliphatic carbocycles. The van der Waals surface area contributed by atoms with Crippen LogP contribution in [0, 0.1) is 0 Å². The lowest BCUT2D eigenvalue weighted by molar-refractivity contribution is -0.136. The number of carbonyl (C=O) groups excluding carboxylic acids is 1. The maximum absolute atomic E-state index is 11.8. The molecule has 5 heteroatoms. The molecule has 1 amide bonds. The van der Waals surface area contributed by atoms with E-state index in [2.05, 4.69) is 10.3 Å². The standard InChI is InChI=1S/C12H12N2O3/c15-11(16)5-7-14-12(17)9-2-1-3-10-8(9)4-6-13-10/h1-4,6,13H,5,7H2,(H,14,17)(H,15,16). The average molecular weight is 232 g/mol. The molecule has 0 aliphatic heterocycles. The van der Waals surface area contributed by atoms with Crippen LogP contribution in [0.15, 0.2) is 30.5 Å². The first-order valence-corrected chi connectivity index (χ1v) is 5.24. The number of amides is 1. The molecule has 0 aliphatic rings. The molecule has 88 valence electrons. The van der Waals surface area contributed by atoms with E-state index < -0.39 is 5.97 Å². The molecule has 0 radical (unpaired) electrons. The fourth-order valence-electron chi connectivity index (χ4n) is 1.66. The highest BCUT2D eigenvalue weighted by atomic mass is 16.4. The van der Waals surface area contributed by atoms with Crippen molar-refractivity contribution in [2.45, 2.75) is 6.42 Å². The third-order valence-corrected chi connectivity index (χ3v) is 2.46. The second-order valence-electron chi connectivity index (χ2n) is 3.64. The molecule has 3 N–H and O–H groups in total. The summed E-state index contributed by atoms with van der Waals surface area (Å²) in [4.78, 5) is 25.2. The molecule has 1 aromatic carbocycles. The summed E-state index contributed by atoms with van der Waals surface area (Å²) in [7, 11) is 0. The summed E-state index contributed by atoms with van der Waals surface area (Å²) >= 11 is 0. The van der Waals surface area contributed by atoms with Gasteiger partial charge in [0, 0.05) is 29.2 Å². The van der Waals surface area contributed by atoms with E-state index in [4.69, 9.17) is 5.11 Å². The van der Waals surface area contributed by atoms with Gasteiger partial charge >= 0.3 is 5.97 Å². The number of nitrogens with one attached hydrogen (secondary N) is 2. The predicted octanol–water partition coefficient (Wildman–Crippen LogP) is 1.37. The van der Waals surface area contributed by atoms with E-state index in [0.717, 1.165) is 10.9 Å². The van der Waals surface area contributed by atoms with Crippen molar-refractivity contribution >= 4 is 22.8 Å². The quantitative estimate of drug-likeness (QED) is 0.744. The van der Waals surface area contributed by atoms with E-state index in [1.807, 2.05) is 12.1 Å². The highest BCUT2D eigenvalue weighted by Gasteiger charge is 2.10. The van der Waals surface area contributed by atoms with Crippen LogP contribution in [0.1, 0.15) is 16.8 Å². The van der Waals surface area contributed by atoms with Gasteiger partial charge in [-0.25, -0.2) is 0 Å². The van der Waals surface area contributed by atoms with Crippen molar-refractivity contribution in [1.82, 2.24) is 10.3 Å². The maximum atomic E-state index is 11.8. The molecule has 1 heterocycles. The second kappa shape index (κ2) is 4.69. The Labute approximate surface area is 97.4 Å². The van der Waals surface area contributed by atoms with Gasteiger partial charge in [0.25, 0.3) is 5.91 Å². The summed E-state index contributed by atoms with van der Waals surface area (Å²) in [6.07, 6.45) is 1.69. The summed E-state index contributed by atoms with van der Waals surface area (Å²) in [6, 6.07) is 7.20. The number of carbonyl (C=O) groups is 2. The van der Waals surface area contributed by atoms with Crippen LogP contribution in [0.4, 0.5) is 0 Å². The molecule has 1 aromatic heterocycles. The van der Waals surface area contributed by atoms with E-state index in [1.165, 1.54) is 0 Å². The van der Waals surface area contributed by atoms with Crippen LogP contribution >= 0.6 is 0 Å². The number of fused-ring (bicyclic) bond motifs is 1. The zero-order chi connectivity index (χ0) is 12.3. The molecule has 2 aromatic rings. The third-order valence-electron chi connectivity index (χ3n) is 2.46. The number of hydrogen-bond acceptors (Lipinski definition) is 2. The van der Waals surface area contributed by atoms with Crippen LogP contribution in [0.25, 0.3) is 10.9 Å². The Hall–Kier alpha value is -2.30. The summed E-state index contributed by atoms with van der Waals surface area (Å²) in [5, 5.41) is 11.9. The third kappa shape index (κ3) is 2.44. The van der Waals surface area contributed by atoms with Gasteiger partial charge in [0.1, 0.15) is 0 Å². The molecule has 17 heavy (non-hydrogen) atoms. The van der Waals surface area contributed by atoms with Gasteiger partial charge in [-0.05, 0) is 18.2 Å². The van der Waals surface area contributed by atoms with Crippen molar-refractivity contribution in [3.05, 3.63) is 36.0 Å². The second-order valence-corrected chi connectivity index (χ2v) is 3.64. The van der Waals surface area contributed by atoms with Crippen LogP contribution in [0.5, 0.6) is 0 Å². The Balaban J connectivity index is 2.13. The smallest absolute Gasteiger partial charge is 0.305 e. The highest BCUT2D eigenvalue weighted by Crippen LogP contribution is 2.16. The van der Waals surface area contributed by atoms with Gasteiger partial charge in [0.15, 0.2) is 0 Å². The first kappa shape index (κ1) is 11.2. The van der Waals surface area contributed by atoms with Crippen molar-refractivity contribution in [1.29, 1.82) is 0 Å². The number of carboxylic acids is 1. The number of benzene rings is 1. The molecule has 0 fully saturated rings. The van der Waals surface area contributed by atoms with Gasteiger partial charge < -0.3 is 15.4 Å². The number of aliphatic carboxylic acids is 1. The molecule has 0 bridgehead atoms. The minimum absolute atomic E-state index is 0.0746. The van der Waals surface area contributed by atoms with E-state index in [9.17, 15) is 9.59 Å². The monoisotopic (exact) mass is 232 g/mol. The van der Waals surface area contributed by atoms with Crippen molar-refractivity contribution in [2.24, 2.45) is 0 Å². The number of aromatic amines is 1. The number of carboxylic acid groups (broad SMARTS) is 1. The van der Waals surface area contributed by atoms with Crippen molar-refractivity contribution < 1.29 is 14.7 Å². The number of H-pyrrole nitrogens is 1. The summed E-state index contributed by atoms with van der Waals surface area (Å²) in [5.74, 6) is -1.18. The minimum atomic E-state index is -0.926. The lowest BCUT2D eigenvalue weighted by Gasteiger charge is -2.04. The van der Waals surface area contributed by atoms with Crippen LogP contribution in [0.2, 0.25) is 0 Å². The number of aromatic nitrogens is 1. The number of hydrogen-bond donors (Lipinski definition) is 3. The van der Waals surface area contributed by atoms with Gasteiger partial charge in [-0.2, -0.15) is 0 Å². The first-order valence-electron chi connectivity index (χ1n) is 5.24. The van der Waals surface area contributed by atoms with Crippen molar-refractivity contribution in [3.8, 4) is 0 Å². The molecule has 5 nitrogen and oxygen atoms in total.